The summed E-state index contributed by atoms with van der Waals surface area (Å²) in [5.41, 5.74) is 1.32. The lowest BCUT2D eigenvalue weighted by Crippen LogP contribution is -2.21. The van der Waals surface area contributed by atoms with Gasteiger partial charge in [0.2, 0.25) is 0 Å². The molecule has 1 aromatic carbocycles. The summed E-state index contributed by atoms with van der Waals surface area (Å²) in [7, 11) is 2.11. The first kappa shape index (κ1) is 11.0. The van der Waals surface area contributed by atoms with E-state index in [1.54, 1.807) is 6.26 Å². The molecule has 0 aliphatic carbocycles. The van der Waals surface area contributed by atoms with Crippen LogP contribution in [-0.2, 0) is 6.54 Å². The van der Waals surface area contributed by atoms with Gasteiger partial charge in [-0.2, -0.15) is 0 Å². The largest absolute Gasteiger partial charge is 0.468 e. The first-order chi connectivity index (χ1) is 7.77. The van der Waals surface area contributed by atoms with E-state index in [0.717, 1.165) is 12.3 Å². The summed E-state index contributed by atoms with van der Waals surface area (Å²) in [6.07, 6.45) is 1.72. The molecule has 0 saturated carbocycles. The average Bonchev–Trinajstić information content (AvgIpc) is 2.83. The van der Waals surface area contributed by atoms with Crippen LogP contribution in [0.3, 0.4) is 0 Å². The zero-order chi connectivity index (χ0) is 11.4. The highest BCUT2D eigenvalue weighted by molar-refractivity contribution is 5.15. The molecule has 1 aromatic heterocycles. The summed E-state index contributed by atoms with van der Waals surface area (Å²) >= 11 is 0. The summed E-state index contributed by atoms with van der Waals surface area (Å²) in [5.74, 6) is 1.01. The molecular formula is C14H17NO. The third kappa shape index (κ3) is 2.52. The Kier molecular flexibility index (Phi) is 3.42. The molecule has 0 radical (unpaired) electrons. The second kappa shape index (κ2) is 4.99. The Bertz CT molecular complexity index is 408. The number of rotatable bonds is 4. The second-order valence-electron chi connectivity index (χ2n) is 4.09. The SMILES string of the molecule is CC(c1ccco1)N(C)Cc1ccccc1. The van der Waals surface area contributed by atoms with Crippen molar-refractivity contribution in [2.75, 3.05) is 7.05 Å². The Balaban J connectivity index is 2.01. The van der Waals surface area contributed by atoms with Gasteiger partial charge < -0.3 is 4.42 Å². The van der Waals surface area contributed by atoms with E-state index >= 15 is 0 Å². The minimum atomic E-state index is 0.301. The van der Waals surface area contributed by atoms with Crippen LogP contribution in [0.1, 0.15) is 24.3 Å². The molecule has 0 fully saturated rings. The average molecular weight is 215 g/mol. The van der Waals surface area contributed by atoms with Gasteiger partial charge in [-0.15, -0.1) is 0 Å². The van der Waals surface area contributed by atoms with Crippen LogP contribution in [0.25, 0.3) is 0 Å². The van der Waals surface area contributed by atoms with Gasteiger partial charge in [0.05, 0.1) is 12.3 Å². The van der Waals surface area contributed by atoms with Gasteiger partial charge in [0.25, 0.3) is 0 Å². The minimum absolute atomic E-state index is 0.301. The van der Waals surface area contributed by atoms with Crippen LogP contribution in [0, 0.1) is 0 Å². The normalized spacial score (nSPS) is 12.9. The molecule has 1 heterocycles. The second-order valence-corrected chi connectivity index (χ2v) is 4.09. The van der Waals surface area contributed by atoms with E-state index in [-0.39, 0.29) is 0 Å². The standard InChI is InChI=1S/C14H17NO/c1-12(14-9-6-10-16-14)15(2)11-13-7-4-3-5-8-13/h3-10,12H,11H2,1-2H3. The van der Waals surface area contributed by atoms with Crippen LogP contribution in [0.4, 0.5) is 0 Å². The Morgan fingerprint density at radius 2 is 1.88 bits per heavy atom. The van der Waals surface area contributed by atoms with Crippen molar-refractivity contribution in [1.82, 2.24) is 4.90 Å². The Hall–Kier alpha value is -1.54. The van der Waals surface area contributed by atoms with Crippen molar-refractivity contribution in [3.8, 4) is 0 Å². The smallest absolute Gasteiger partial charge is 0.120 e. The van der Waals surface area contributed by atoms with E-state index in [1.807, 2.05) is 18.2 Å². The van der Waals surface area contributed by atoms with E-state index in [4.69, 9.17) is 4.42 Å². The van der Waals surface area contributed by atoms with Crippen molar-refractivity contribution in [1.29, 1.82) is 0 Å². The summed E-state index contributed by atoms with van der Waals surface area (Å²) in [4.78, 5) is 2.27. The molecule has 2 nitrogen and oxygen atoms in total. The third-order valence-electron chi connectivity index (χ3n) is 2.89. The minimum Gasteiger partial charge on any atom is -0.468 e. The van der Waals surface area contributed by atoms with Crippen LogP contribution in [0.15, 0.2) is 53.1 Å². The molecule has 2 rings (SSSR count). The van der Waals surface area contributed by atoms with Gasteiger partial charge in [0.1, 0.15) is 5.76 Å². The zero-order valence-electron chi connectivity index (χ0n) is 9.76. The van der Waals surface area contributed by atoms with E-state index < -0.39 is 0 Å². The zero-order valence-corrected chi connectivity index (χ0v) is 9.76. The molecule has 0 N–H and O–H groups in total. The van der Waals surface area contributed by atoms with Gasteiger partial charge in [-0.25, -0.2) is 0 Å². The fourth-order valence-electron chi connectivity index (χ4n) is 1.75. The molecule has 2 heteroatoms. The first-order valence-corrected chi connectivity index (χ1v) is 5.55. The van der Waals surface area contributed by atoms with E-state index in [0.29, 0.717) is 6.04 Å². The van der Waals surface area contributed by atoms with Crippen molar-refractivity contribution in [3.63, 3.8) is 0 Å². The van der Waals surface area contributed by atoms with Crippen molar-refractivity contribution in [2.45, 2.75) is 19.5 Å². The van der Waals surface area contributed by atoms with Crippen molar-refractivity contribution in [2.24, 2.45) is 0 Å². The van der Waals surface area contributed by atoms with Gasteiger partial charge in [0.15, 0.2) is 0 Å². The maximum atomic E-state index is 5.41. The van der Waals surface area contributed by atoms with Crippen LogP contribution in [0.5, 0.6) is 0 Å². The highest BCUT2D eigenvalue weighted by atomic mass is 16.3. The molecular weight excluding hydrogens is 198 g/mol. The van der Waals surface area contributed by atoms with Gasteiger partial charge in [-0.05, 0) is 31.7 Å². The van der Waals surface area contributed by atoms with E-state index in [2.05, 4.69) is 43.1 Å². The number of hydrogen-bond donors (Lipinski definition) is 0. The fourth-order valence-corrected chi connectivity index (χ4v) is 1.75. The summed E-state index contributed by atoms with van der Waals surface area (Å²) in [6.45, 7) is 3.09. The number of nitrogens with zero attached hydrogens (tertiary/aromatic N) is 1. The van der Waals surface area contributed by atoms with Gasteiger partial charge in [-0.1, -0.05) is 30.3 Å². The Labute approximate surface area is 96.5 Å². The topological polar surface area (TPSA) is 16.4 Å². The third-order valence-corrected chi connectivity index (χ3v) is 2.89. The maximum absolute atomic E-state index is 5.41. The van der Waals surface area contributed by atoms with Gasteiger partial charge >= 0.3 is 0 Å². The predicted molar refractivity (Wildman–Crippen MR) is 65.0 cm³/mol. The molecule has 16 heavy (non-hydrogen) atoms. The molecule has 84 valence electrons. The van der Waals surface area contributed by atoms with Crippen LogP contribution < -0.4 is 0 Å². The van der Waals surface area contributed by atoms with Crippen LogP contribution >= 0.6 is 0 Å². The summed E-state index contributed by atoms with van der Waals surface area (Å²) < 4.78 is 5.41. The fraction of sp³-hybridized carbons (Fsp3) is 0.286. The molecule has 1 atom stereocenters. The molecule has 0 aliphatic heterocycles. The Morgan fingerprint density at radius 1 is 1.12 bits per heavy atom. The quantitative estimate of drug-likeness (QED) is 0.776. The number of benzene rings is 1. The molecule has 0 saturated heterocycles. The Morgan fingerprint density at radius 3 is 2.50 bits per heavy atom. The van der Waals surface area contributed by atoms with E-state index in [1.165, 1.54) is 5.56 Å². The molecule has 0 aliphatic rings. The first-order valence-electron chi connectivity index (χ1n) is 5.55. The van der Waals surface area contributed by atoms with Crippen molar-refractivity contribution < 1.29 is 4.42 Å². The monoisotopic (exact) mass is 215 g/mol. The van der Waals surface area contributed by atoms with Crippen molar-refractivity contribution in [3.05, 3.63) is 60.1 Å². The molecule has 0 amide bonds. The highest BCUT2D eigenvalue weighted by Gasteiger charge is 2.13. The predicted octanol–water partition coefficient (Wildman–Crippen LogP) is 3.47. The van der Waals surface area contributed by atoms with E-state index in [9.17, 15) is 0 Å². The van der Waals surface area contributed by atoms with Crippen LogP contribution in [-0.4, -0.2) is 11.9 Å². The highest BCUT2D eigenvalue weighted by Crippen LogP contribution is 2.20. The van der Waals surface area contributed by atoms with Crippen molar-refractivity contribution >= 4 is 0 Å². The molecule has 0 spiro atoms. The lowest BCUT2D eigenvalue weighted by atomic mass is 10.1. The van der Waals surface area contributed by atoms with Gasteiger partial charge in [-0.3, -0.25) is 4.90 Å². The number of furan rings is 1. The van der Waals surface area contributed by atoms with Crippen LogP contribution in [0.2, 0.25) is 0 Å². The summed E-state index contributed by atoms with van der Waals surface area (Å²) in [6, 6.07) is 14.7. The lowest BCUT2D eigenvalue weighted by Gasteiger charge is -2.22. The summed E-state index contributed by atoms with van der Waals surface area (Å²) in [5, 5.41) is 0. The molecule has 2 aromatic rings. The van der Waals surface area contributed by atoms with Gasteiger partial charge in [0, 0.05) is 6.54 Å². The lowest BCUT2D eigenvalue weighted by molar-refractivity contribution is 0.223. The maximum Gasteiger partial charge on any atom is 0.120 e. The molecule has 1 unspecified atom stereocenters. The number of hydrogen-bond acceptors (Lipinski definition) is 2. The molecule has 0 bridgehead atoms.